The van der Waals surface area contributed by atoms with E-state index in [0.717, 1.165) is 19.1 Å². The molecule has 30 heavy (non-hydrogen) atoms. The molecule has 5 N–H and O–H groups in total. The Kier molecular flexibility index (Phi) is 11.8. The summed E-state index contributed by atoms with van der Waals surface area (Å²) in [5.74, 6) is -7.47. The Labute approximate surface area is 173 Å². The fraction of sp³-hybridized carbons (Fsp3) is 0.400. The molecular formula is C20H30F5N3O2. The molecule has 1 aliphatic heterocycles. The van der Waals surface area contributed by atoms with Crippen LogP contribution in [0.5, 0.6) is 0 Å². The predicted octanol–water partition coefficient (Wildman–Crippen LogP) is 4.47. The fourth-order valence-electron chi connectivity index (χ4n) is 2.63. The van der Waals surface area contributed by atoms with Gasteiger partial charge in [0.1, 0.15) is 0 Å². The van der Waals surface area contributed by atoms with Crippen molar-refractivity contribution in [2.75, 3.05) is 11.9 Å². The highest BCUT2D eigenvalue weighted by atomic mass is 19.3. The van der Waals surface area contributed by atoms with Crippen molar-refractivity contribution in [1.29, 1.82) is 5.41 Å². The summed E-state index contributed by atoms with van der Waals surface area (Å²) in [6.45, 7) is 9.66. The first-order valence-corrected chi connectivity index (χ1v) is 8.85. The molecule has 10 heteroatoms. The van der Waals surface area contributed by atoms with Crippen molar-refractivity contribution in [3.05, 3.63) is 53.8 Å². The van der Waals surface area contributed by atoms with Gasteiger partial charge in [0.2, 0.25) is 5.91 Å². The van der Waals surface area contributed by atoms with E-state index in [-0.39, 0.29) is 40.8 Å². The minimum absolute atomic E-state index is 0. The Morgan fingerprint density at radius 1 is 1.37 bits per heavy atom. The predicted molar refractivity (Wildman–Crippen MR) is 111 cm³/mol. The molecule has 0 unspecified atom stereocenters. The number of nitrogens with one attached hydrogen (secondary N) is 3. The Morgan fingerprint density at radius 3 is 2.47 bits per heavy atom. The SMILES string of the molecule is C=C(Nc1cccc(F)c1F)[C@H]1C(=O)NC[C@@H]1C(=N)/C=C(\C)C(C)(F)F.CC.F.O.[HH]. The van der Waals surface area contributed by atoms with Crippen LogP contribution in [-0.2, 0) is 4.79 Å². The van der Waals surface area contributed by atoms with Crippen molar-refractivity contribution in [3.8, 4) is 0 Å². The Hall–Kier alpha value is -2.75. The molecule has 1 saturated heterocycles. The maximum atomic E-state index is 13.8. The lowest BCUT2D eigenvalue weighted by molar-refractivity contribution is -0.121. The van der Waals surface area contributed by atoms with Crippen LogP contribution in [0.2, 0.25) is 0 Å². The molecule has 1 amide bonds. The third kappa shape index (κ3) is 6.94. The molecular weight excluding hydrogens is 409 g/mol. The normalized spacial score (nSPS) is 18.1. The lowest BCUT2D eigenvalue weighted by Crippen LogP contribution is -2.28. The van der Waals surface area contributed by atoms with E-state index in [9.17, 15) is 22.4 Å². The maximum Gasteiger partial charge on any atom is 0.266 e. The van der Waals surface area contributed by atoms with Crippen molar-refractivity contribution in [1.82, 2.24) is 5.32 Å². The van der Waals surface area contributed by atoms with Crippen LogP contribution < -0.4 is 10.6 Å². The number of hydrogen-bond donors (Lipinski definition) is 3. The average molecular weight is 439 g/mol. The Morgan fingerprint density at radius 2 is 1.93 bits per heavy atom. The van der Waals surface area contributed by atoms with E-state index in [0.29, 0.717) is 0 Å². The van der Waals surface area contributed by atoms with Crippen LogP contribution in [-0.4, -0.2) is 29.6 Å². The Bertz CT molecular complexity index is 798. The topological polar surface area (TPSA) is 96.5 Å². The molecule has 172 valence electrons. The van der Waals surface area contributed by atoms with Gasteiger partial charge in [-0.1, -0.05) is 26.5 Å². The molecule has 1 aromatic rings. The van der Waals surface area contributed by atoms with Crippen molar-refractivity contribution >= 4 is 17.3 Å². The number of halogens is 5. The second-order valence-corrected chi connectivity index (χ2v) is 6.25. The first kappa shape index (κ1) is 29.5. The lowest BCUT2D eigenvalue weighted by atomic mass is 9.87. The number of benzene rings is 1. The zero-order valence-corrected chi connectivity index (χ0v) is 17.2. The number of rotatable bonds is 6. The van der Waals surface area contributed by atoms with Crippen LogP contribution >= 0.6 is 0 Å². The number of carbonyl (C=O) groups is 1. The molecule has 1 aromatic carbocycles. The van der Waals surface area contributed by atoms with Crippen LogP contribution in [0.1, 0.15) is 29.1 Å². The zero-order chi connectivity index (χ0) is 21.6. The number of amides is 1. The summed E-state index contributed by atoms with van der Waals surface area (Å²) in [7, 11) is 0. The summed E-state index contributed by atoms with van der Waals surface area (Å²) in [5, 5.41) is 13.2. The first-order valence-electron chi connectivity index (χ1n) is 8.85. The van der Waals surface area contributed by atoms with Gasteiger partial charge in [0, 0.05) is 32.2 Å². The minimum atomic E-state index is -3.09. The summed E-state index contributed by atoms with van der Waals surface area (Å²) in [6, 6.07) is 3.51. The summed E-state index contributed by atoms with van der Waals surface area (Å²) < 4.78 is 53.7. The number of carbonyl (C=O) groups excluding carboxylic acids is 1. The molecule has 0 aromatic heterocycles. The van der Waals surface area contributed by atoms with Crippen molar-refractivity contribution < 1.29 is 34.0 Å². The van der Waals surface area contributed by atoms with Gasteiger partial charge in [0.15, 0.2) is 11.6 Å². The monoisotopic (exact) mass is 439 g/mol. The summed E-state index contributed by atoms with van der Waals surface area (Å²) >= 11 is 0. The summed E-state index contributed by atoms with van der Waals surface area (Å²) in [4.78, 5) is 12.1. The van der Waals surface area contributed by atoms with Crippen LogP contribution in [0.25, 0.3) is 0 Å². The molecule has 0 aliphatic carbocycles. The summed E-state index contributed by atoms with van der Waals surface area (Å²) in [6.07, 6.45) is 1.02. The Balaban J connectivity index is -0.00000152. The molecule has 1 fully saturated rings. The van der Waals surface area contributed by atoms with Crippen molar-refractivity contribution in [3.63, 3.8) is 0 Å². The van der Waals surface area contributed by atoms with Crippen LogP contribution in [0.15, 0.2) is 42.1 Å². The standard InChI is InChI=1S/C18H19F4N3O.C2H6.FH.H2O.H2/c1-9(18(3,21)22)7-13(23)11-8-24-17(26)15(11)10(2)25-14-6-4-5-12(19)16(14)20;1-2;;;/h4-7,11,15,23,25H,2,8H2,1,3H3,(H,24,26);1-2H3;1H;1H2;1H/b9-7+,23-13?;;;;/t11-,15-;;;;/m1..../s1. The highest BCUT2D eigenvalue weighted by molar-refractivity contribution is 6.01. The van der Waals surface area contributed by atoms with Crippen LogP contribution in [0.3, 0.4) is 0 Å². The molecule has 1 heterocycles. The zero-order valence-electron chi connectivity index (χ0n) is 17.2. The van der Waals surface area contributed by atoms with Crippen molar-refractivity contribution in [2.45, 2.75) is 33.6 Å². The van der Waals surface area contributed by atoms with E-state index >= 15 is 0 Å². The van der Waals surface area contributed by atoms with Gasteiger partial charge in [-0.3, -0.25) is 9.50 Å². The molecule has 1 aliphatic rings. The molecule has 2 atom stereocenters. The third-order valence-corrected chi connectivity index (χ3v) is 4.27. The smallest absolute Gasteiger partial charge is 0.266 e. The number of allylic oxidation sites excluding steroid dienone is 2. The van der Waals surface area contributed by atoms with Crippen LogP contribution in [0, 0.1) is 28.9 Å². The third-order valence-electron chi connectivity index (χ3n) is 4.27. The van der Waals surface area contributed by atoms with Crippen molar-refractivity contribution in [2.24, 2.45) is 11.8 Å². The number of alkyl halides is 2. The summed E-state index contributed by atoms with van der Waals surface area (Å²) in [5.41, 5.74) is -0.634. The second kappa shape index (κ2) is 12.1. The quantitative estimate of drug-likeness (QED) is 0.450. The molecule has 0 bridgehead atoms. The maximum absolute atomic E-state index is 13.8. The molecule has 0 spiro atoms. The first-order chi connectivity index (χ1) is 13.0. The van der Waals surface area contributed by atoms with E-state index < -0.39 is 35.3 Å². The van der Waals surface area contributed by atoms with Gasteiger partial charge in [-0.05, 0) is 30.7 Å². The largest absolute Gasteiger partial charge is 0.412 e. The van der Waals surface area contributed by atoms with Crippen LogP contribution in [0.4, 0.5) is 28.0 Å². The van der Waals surface area contributed by atoms with E-state index in [1.807, 2.05) is 13.8 Å². The van der Waals surface area contributed by atoms with Gasteiger partial charge in [-0.2, -0.15) is 0 Å². The fourth-order valence-corrected chi connectivity index (χ4v) is 2.63. The van der Waals surface area contributed by atoms with E-state index in [1.165, 1.54) is 19.1 Å². The molecule has 0 saturated carbocycles. The molecule has 0 radical (unpaired) electrons. The average Bonchev–Trinajstić information content (AvgIpc) is 3.01. The minimum Gasteiger partial charge on any atom is -0.412 e. The highest BCUT2D eigenvalue weighted by Gasteiger charge is 2.39. The van der Waals surface area contributed by atoms with Gasteiger partial charge in [0.05, 0.1) is 11.6 Å². The molecule has 5 nitrogen and oxygen atoms in total. The second-order valence-electron chi connectivity index (χ2n) is 6.25. The van der Waals surface area contributed by atoms with E-state index in [4.69, 9.17) is 5.41 Å². The molecule has 2 rings (SSSR count). The highest BCUT2D eigenvalue weighted by Crippen LogP contribution is 2.30. The van der Waals surface area contributed by atoms with Gasteiger partial charge >= 0.3 is 0 Å². The van der Waals surface area contributed by atoms with E-state index in [2.05, 4.69) is 17.2 Å². The number of hydrogen-bond acceptors (Lipinski definition) is 3. The lowest BCUT2D eigenvalue weighted by Gasteiger charge is -2.21. The van der Waals surface area contributed by atoms with Gasteiger partial charge in [-0.25, -0.2) is 17.6 Å². The van der Waals surface area contributed by atoms with Gasteiger partial charge < -0.3 is 21.5 Å². The van der Waals surface area contributed by atoms with Gasteiger partial charge in [0.25, 0.3) is 5.92 Å². The number of anilines is 1. The van der Waals surface area contributed by atoms with Gasteiger partial charge in [-0.15, -0.1) is 0 Å². The van der Waals surface area contributed by atoms with E-state index in [1.54, 1.807) is 0 Å².